The molecule has 1 nitrogen and oxygen atoms in total. The molecule has 3 aromatic rings. The number of rotatable bonds is 0. The van der Waals surface area contributed by atoms with Crippen molar-refractivity contribution in [3.63, 3.8) is 0 Å². The van der Waals surface area contributed by atoms with E-state index in [-0.39, 0.29) is 0 Å². The topological polar surface area (TPSA) is 12.9 Å². The van der Waals surface area contributed by atoms with Gasteiger partial charge in [-0.05, 0) is 32.0 Å². The highest BCUT2D eigenvalue weighted by atomic mass is 32.1. The molecular formula is C13H11NS. The summed E-state index contributed by atoms with van der Waals surface area (Å²) in [5.41, 5.74) is 2.45. The lowest BCUT2D eigenvalue weighted by atomic mass is 10.1. The van der Waals surface area contributed by atoms with Gasteiger partial charge in [0.15, 0.2) is 0 Å². The molecule has 0 radical (unpaired) electrons. The van der Waals surface area contributed by atoms with Crippen molar-refractivity contribution >= 4 is 31.5 Å². The van der Waals surface area contributed by atoms with E-state index in [9.17, 15) is 0 Å². The van der Waals surface area contributed by atoms with Gasteiger partial charge in [0, 0.05) is 21.7 Å². The van der Waals surface area contributed by atoms with E-state index in [1.807, 2.05) is 17.5 Å². The van der Waals surface area contributed by atoms with Crippen molar-refractivity contribution in [2.24, 2.45) is 0 Å². The fourth-order valence-electron chi connectivity index (χ4n) is 1.95. The minimum Gasteiger partial charge on any atom is -0.260 e. The van der Waals surface area contributed by atoms with Crippen molar-refractivity contribution in [2.75, 3.05) is 0 Å². The normalized spacial score (nSPS) is 11.3. The Morgan fingerprint density at radius 2 is 1.93 bits per heavy atom. The minimum absolute atomic E-state index is 1.13. The standard InChI is InChI=1S/C13H11NS/c1-8-3-4-12-11(7-8)10-5-6-14-9(2)13(10)15-12/h3-7H,1-2H3. The highest BCUT2D eigenvalue weighted by Gasteiger charge is 2.06. The van der Waals surface area contributed by atoms with Gasteiger partial charge in [-0.2, -0.15) is 0 Å². The fraction of sp³-hybridized carbons (Fsp3) is 0.154. The van der Waals surface area contributed by atoms with Crippen LogP contribution in [0.2, 0.25) is 0 Å². The molecule has 0 aliphatic carbocycles. The van der Waals surface area contributed by atoms with E-state index in [0.29, 0.717) is 0 Å². The second kappa shape index (κ2) is 3.04. The number of hydrogen-bond acceptors (Lipinski definition) is 2. The monoisotopic (exact) mass is 213 g/mol. The van der Waals surface area contributed by atoms with Gasteiger partial charge >= 0.3 is 0 Å². The highest BCUT2D eigenvalue weighted by molar-refractivity contribution is 7.26. The first-order valence-corrected chi connectivity index (χ1v) is 5.82. The zero-order valence-electron chi connectivity index (χ0n) is 8.74. The van der Waals surface area contributed by atoms with Crippen LogP contribution in [0.15, 0.2) is 30.5 Å². The maximum absolute atomic E-state index is 4.34. The molecule has 74 valence electrons. The number of pyridine rings is 1. The van der Waals surface area contributed by atoms with E-state index in [0.717, 1.165) is 5.69 Å². The molecule has 0 amide bonds. The molecule has 0 aliphatic rings. The van der Waals surface area contributed by atoms with E-state index >= 15 is 0 Å². The van der Waals surface area contributed by atoms with Crippen LogP contribution in [0.1, 0.15) is 11.3 Å². The molecule has 0 saturated heterocycles. The van der Waals surface area contributed by atoms with Gasteiger partial charge in [0.25, 0.3) is 0 Å². The molecule has 0 aliphatic heterocycles. The van der Waals surface area contributed by atoms with E-state index in [1.165, 1.54) is 25.7 Å². The molecule has 0 N–H and O–H groups in total. The first-order chi connectivity index (χ1) is 7.25. The third-order valence-electron chi connectivity index (χ3n) is 2.72. The molecule has 1 aromatic carbocycles. The lowest BCUT2D eigenvalue weighted by Crippen LogP contribution is -1.77. The summed E-state index contributed by atoms with van der Waals surface area (Å²) in [6, 6.07) is 8.74. The van der Waals surface area contributed by atoms with Gasteiger partial charge in [0.2, 0.25) is 0 Å². The lowest BCUT2D eigenvalue weighted by molar-refractivity contribution is 1.25. The Kier molecular flexibility index (Phi) is 1.80. The number of hydrogen-bond donors (Lipinski definition) is 0. The van der Waals surface area contributed by atoms with E-state index in [2.05, 4.69) is 43.1 Å². The van der Waals surface area contributed by atoms with Gasteiger partial charge in [0.1, 0.15) is 0 Å². The summed E-state index contributed by atoms with van der Waals surface area (Å²) in [6.45, 7) is 4.21. The fourth-order valence-corrected chi connectivity index (χ4v) is 3.07. The first kappa shape index (κ1) is 8.86. The second-order valence-corrected chi connectivity index (χ2v) is 4.93. The molecule has 15 heavy (non-hydrogen) atoms. The van der Waals surface area contributed by atoms with Gasteiger partial charge in [-0.1, -0.05) is 11.6 Å². The lowest BCUT2D eigenvalue weighted by Gasteiger charge is -1.94. The van der Waals surface area contributed by atoms with Gasteiger partial charge < -0.3 is 0 Å². The Hall–Kier alpha value is -1.41. The summed E-state index contributed by atoms with van der Waals surface area (Å²) in [5, 5.41) is 2.70. The van der Waals surface area contributed by atoms with Crippen molar-refractivity contribution in [3.05, 3.63) is 41.7 Å². The molecule has 2 heteroatoms. The summed E-state index contributed by atoms with van der Waals surface area (Å²) in [5.74, 6) is 0. The van der Waals surface area contributed by atoms with Crippen molar-refractivity contribution < 1.29 is 0 Å². The largest absolute Gasteiger partial charge is 0.260 e. The summed E-state index contributed by atoms with van der Waals surface area (Å²) in [6.07, 6.45) is 1.90. The van der Waals surface area contributed by atoms with E-state index in [4.69, 9.17) is 0 Å². The van der Waals surface area contributed by atoms with Crippen molar-refractivity contribution in [1.82, 2.24) is 4.98 Å². The summed E-state index contributed by atoms with van der Waals surface area (Å²) < 4.78 is 2.67. The number of nitrogens with zero attached hydrogens (tertiary/aromatic N) is 1. The zero-order chi connectivity index (χ0) is 10.4. The Morgan fingerprint density at radius 1 is 1.07 bits per heavy atom. The molecular weight excluding hydrogens is 202 g/mol. The Balaban J connectivity index is 2.58. The smallest absolute Gasteiger partial charge is 0.0568 e. The summed E-state index contributed by atoms with van der Waals surface area (Å²) in [4.78, 5) is 4.34. The number of benzene rings is 1. The summed E-state index contributed by atoms with van der Waals surface area (Å²) in [7, 11) is 0. The van der Waals surface area contributed by atoms with Crippen LogP contribution < -0.4 is 0 Å². The zero-order valence-corrected chi connectivity index (χ0v) is 9.56. The molecule has 2 heterocycles. The first-order valence-electron chi connectivity index (χ1n) is 5.00. The van der Waals surface area contributed by atoms with Crippen molar-refractivity contribution in [2.45, 2.75) is 13.8 Å². The van der Waals surface area contributed by atoms with Crippen LogP contribution in [-0.4, -0.2) is 4.98 Å². The minimum atomic E-state index is 1.13. The molecule has 0 fully saturated rings. The molecule has 0 saturated carbocycles. The van der Waals surface area contributed by atoms with Gasteiger partial charge in [-0.3, -0.25) is 4.98 Å². The average Bonchev–Trinajstić information content (AvgIpc) is 2.58. The van der Waals surface area contributed by atoms with E-state index < -0.39 is 0 Å². The van der Waals surface area contributed by atoms with Gasteiger partial charge in [0.05, 0.1) is 10.4 Å². The maximum Gasteiger partial charge on any atom is 0.0568 e. The SMILES string of the molecule is Cc1ccc2sc3c(C)nccc3c2c1. The Labute approximate surface area is 92.4 Å². The Bertz CT molecular complexity index is 652. The van der Waals surface area contributed by atoms with Crippen LogP contribution in [0.4, 0.5) is 0 Å². The number of fused-ring (bicyclic) bond motifs is 3. The third kappa shape index (κ3) is 1.25. The second-order valence-electron chi connectivity index (χ2n) is 3.87. The Morgan fingerprint density at radius 3 is 2.80 bits per heavy atom. The van der Waals surface area contributed by atoms with Gasteiger partial charge in [-0.25, -0.2) is 0 Å². The molecule has 0 atom stereocenters. The highest BCUT2D eigenvalue weighted by Crippen LogP contribution is 2.35. The predicted octanol–water partition coefficient (Wildman–Crippen LogP) is 4.07. The number of aromatic nitrogens is 1. The number of aryl methyl sites for hydroxylation is 2. The number of thiophene rings is 1. The van der Waals surface area contributed by atoms with Crippen molar-refractivity contribution in [3.8, 4) is 0 Å². The van der Waals surface area contributed by atoms with E-state index in [1.54, 1.807) is 0 Å². The van der Waals surface area contributed by atoms with Gasteiger partial charge in [-0.15, -0.1) is 11.3 Å². The molecule has 0 spiro atoms. The molecule has 3 rings (SSSR count). The van der Waals surface area contributed by atoms with Crippen molar-refractivity contribution in [1.29, 1.82) is 0 Å². The van der Waals surface area contributed by atoms with Crippen LogP contribution >= 0.6 is 11.3 Å². The third-order valence-corrected chi connectivity index (χ3v) is 4.02. The predicted molar refractivity (Wildman–Crippen MR) is 66.6 cm³/mol. The van der Waals surface area contributed by atoms with Crippen LogP contribution in [0.5, 0.6) is 0 Å². The maximum atomic E-state index is 4.34. The van der Waals surface area contributed by atoms with Crippen LogP contribution in [0.25, 0.3) is 20.2 Å². The average molecular weight is 213 g/mol. The quantitative estimate of drug-likeness (QED) is 0.548. The molecule has 2 aromatic heterocycles. The molecule has 0 bridgehead atoms. The van der Waals surface area contributed by atoms with Crippen LogP contribution in [-0.2, 0) is 0 Å². The van der Waals surface area contributed by atoms with Crippen LogP contribution in [0, 0.1) is 13.8 Å². The molecule has 0 unspecified atom stereocenters. The summed E-state index contributed by atoms with van der Waals surface area (Å²) >= 11 is 1.83. The van der Waals surface area contributed by atoms with Crippen LogP contribution in [0.3, 0.4) is 0 Å².